The third-order valence-electron chi connectivity index (χ3n) is 5.56. The zero-order chi connectivity index (χ0) is 23.7. The highest BCUT2D eigenvalue weighted by atomic mass is 16.5. The van der Waals surface area contributed by atoms with Gasteiger partial charge in [0.15, 0.2) is 0 Å². The van der Waals surface area contributed by atoms with Crippen LogP contribution in [0.5, 0.6) is 5.75 Å². The molecule has 2 unspecified atom stereocenters. The Morgan fingerprint density at radius 2 is 1.58 bits per heavy atom. The molecule has 2 heterocycles. The first-order chi connectivity index (χ1) is 15.8. The second kappa shape index (κ2) is 9.08. The predicted molar refractivity (Wildman–Crippen MR) is 124 cm³/mol. The first-order valence-electron chi connectivity index (χ1n) is 11.1. The summed E-state index contributed by atoms with van der Waals surface area (Å²) in [5.41, 5.74) is 2.29. The second-order valence-corrected chi connectivity index (χ2v) is 8.68. The molecule has 0 N–H and O–H groups in total. The number of nitriles is 1. The molecule has 2 aliphatic heterocycles. The lowest BCUT2D eigenvalue weighted by Crippen LogP contribution is -2.47. The number of nitrogens with zero attached hydrogens (tertiary/aromatic N) is 3. The number of anilines is 1. The number of carbonyl (C=O) groups excluding carboxylic acids is 2. The highest BCUT2D eigenvalue weighted by molar-refractivity contribution is 6.45. The topological polar surface area (TPSA) is 82.9 Å². The molecule has 0 aromatic heterocycles. The Hall–Kier alpha value is -3.63. The van der Waals surface area contributed by atoms with Gasteiger partial charge in [0, 0.05) is 13.1 Å². The van der Waals surface area contributed by atoms with Gasteiger partial charge in [-0.15, -0.1) is 0 Å². The summed E-state index contributed by atoms with van der Waals surface area (Å²) in [5.74, 6) is -0.0576. The number of amides is 2. The summed E-state index contributed by atoms with van der Waals surface area (Å²) < 4.78 is 11.6. The van der Waals surface area contributed by atoms with Crippen molar-refractivity contribution >= 4 is 23.1 Å². The molecule has 0 radical (unpaired) electrons. The van der Waals surface area contributed by atoms with Crippen molar-refractivity contribution in [2.24, 2.45) is 0 Å². The third kappa shape index (κ3) is 4.48. The monoisotopic (exact) mass is 445 g/mol. The molecular weight excluding hydrogens is 418 g/mol. The maximum absolute atomic E-state index is 13.7. The standard InChI is InChI=1S/C26H27N3O4/c1-16(2)32-22-11-7-20(8-12-22)23-24(28-14-17(3)33-18(4)15-28)26(31)29(25(23)30)21-9-5-19(13-27)6-10-21/h5-12,16-18H,14-15H2,1-4H3. The van der Waals surface area contributed by atoms with Crippen molar-refractivity contribution in [2.45, 2.75) is 46.0 Å². The molecule has 33 heavy (non-hydrogen) atoms. The van der Waals surface area contributed by atoms with E-state index in [2.05, 4.69) is 6.07 Å². The highest BCUT2D eigenvalue weighted by Crippen LogP contribution is 2.36. The zero-order valence-corrected chi connectivity index (χ0v) is 19.2. The third-order valence-corrected chi connectivity index (χ3v) is 5.56. The van der Waals surface area contributed by atoms with Crippen LogP contribution in [0, 0.1) is 11.3 Å². The van der Waals surface area contributed by atoms with Gasteiger partial charge in [-0.05, 0) is 69.7 Å². The van der Waals surface area contributed by atoms with Crippen molar-refractivity contribution in [2.75, 3.05) is 18.0 Å². The predicted octanol–water partition coefficient (Wildman–Crippen LogP) is 3.74. The quantitative estimate of drug-likeness (QED) is 0.652. The van der Waals surface area contributed by atoms with E-state index in [0.717, 1.165) is 0 Å². The normalized spacial score (nSPS) is 21.1. The van der Waals surface area contributed by atoms with Gasteiger partial charge in [0.25, 0.3) is 11.8 Å². The summed E-state index contributed by atoms with van der Waals surface area (Å²) >= 11 is 0. The van der Waals surface area contributed by atoms with Gasteiger partial charge in [-0.1, -0.05) is 12.1 Å². The summed E-state index contributed by atoms with van der Waals surface area (Å²) in [7, 11) is 0. The molecule has 7 nitrogen and oxygen atoms in total. The van der Waals surface area contributed by atoms with Crippen LogP contribution in [-0.2, 0) is 14.3 Å². The number of benzene rings is 2. The fraction of sp³-hybridized carbons (Fsp3) is 0.346. The van der Waals surface area contributed by atoms with Crippen LogP contribution in [0.25, 0.3) is 5.57 Å². The number of morpholine rings is 1. The van der Waals surface area contributed by atoms with Gasteiger partial charge in [-0.2, -0.15) is 5.26 Å². The fourth-order valence-electron chi connectivity index (χ4n) is 4.32. The lowest BCUT2D eigenvalue weighted by Gasteiger charge is -2.37. The lowest BCUT2D eigenvalue weighted by atomic mass is 10.0. The molecule has 0 aliphatic carbocycles. The molecule has 0 spiro atoms. The van der Waals surface area contributed by atoms with Crippen LogP contribution >= 0.6 is 0 Å². The number of hydrogen-bond acceptors (Lipinski definition) is 6. The molecule has 2 aliphatic rings. The second-order valence-electron chi connectivity index (χ2n) is 8.68. The van der Waals surface area contributed by atoms with E-state index in [4.69, 9.17) is 14.7 Å². The van der Waals surface area contributed by atoms with Crippen LogP contribution in [0.3, 0.4) is 0 Å². The maximum Gasteiger partial charge on any atom is 0.282 e. The number of rotatable bonds is 5. The molecule has 0 bridgehead atoms. The molecule has 4 rings (SSSR count). The maximum atomic E-state index is 13.7. The minimum atomic E-state index is -0.385. The van der Waals surface area contributed by atoms with E-state index in [1.54, 1.807) is 24.3 Å². The van der Waals surface area contributed by atoms with Gasteiger partial charge in [-0.25, -0.2) is 4.90 Å². The average molecular weight is 446 g/mol. The Morgan fingerprint density at radius 1 is 0.970 bits per heavy atom. The van der Waals surface area contributed by atoms with Crippen LogP contribution in [0.4, 0.5) is 5.69 Å². The highest BCUT2D eigenvalue weighted by Gasteiger charge is 2.43. The Labute approximate surface area is 193 Å². The average Bonchev–Trinajstić information content (AvgIpc) is 3.03. The largest absolute Gasteiger partial charge is 0.491 e. The van der Waals surface area contributed by atoms with Gasteiger partial charge in [-0.3, -0.25) is 9.59 Å². The summed E-state index contributed by atoms with van der Waals surface area (Å²) in [6, 6.07) is 15.8. The van der Waals surface area contributed by atoms with Crippen molar-refractivity contribution in [1.82, 2.24) is 4.90 Å². The molecule has 7 heteroatoms. The van der Waals surface area contributed by atoms with E-state index in [1.807, 2.05) is 56.9 Å². The van der Waals surface area contributed by atoms with Gasteiger partial charge < -0.3 is 14.4 Å². The van der Waals surface area contributed by atoms with Crippen molar-refractivity contribution in [3.8, 4) is 11.8 Å². The van der Waals surface area contributed by atoms with E-state index in [9.17, 15) is 9.59 Å². The van der Waals surface area contributed by atoms with Crippen LogP contribution in [0.1, 0.15) is 38.8 Å². The van der Waals surface area contributed by atoms with Gasteiger partial charge in [0.2, 0.25) is 0 Å². The van der Waals surface area contributed by atoms with Crippen LogP contribution in [-0.4, -0.2) is 48.1 Å². The molecule has 2 aromatic carbocycles. The smallest absolute Gasteiger partial charge is 0.282 e. The van der Waals surface area contributed by atoms with Crippen LogP contribution < -0.4 is 9.64 Å². The van der Waals surface area contributed by atoms with E-state index >= 15 is 0 Å². The van der Waals surface area contributed by atoms with Crippen molar-refractivity contribution in [3.05, 3.63) is 65.4 Å². The van der Waals surface area contributed by atoms with E-state index in [1.165, 1.54) is 4.90 Å². The Balaban J connectivity index is 1.78. The van der Waals surface area contributed by atoms with Crippen LogP contribution in [0.2, 0.25) is 0 Å². The summed E-state index contributed by atoms with van der Waals surface area (Å²) in [5, 5.41) is 9.09. The first-order valence-corrected chi connectivity index (χ1v) is 11.1. The summed E-state index contributed by atoms with van der Waals surface area (Å²) in [4.78, 5) is 30.4. The molecule has 170 valence electrons. The Kier molecular flexibility index (Phi) is 6.21. The van der Waals surface area contributed by atoms with E-state index < -0.39 is 0 Å². The zero-order valence-electron chi connectivity index (χ0n) is 19.2. The summed E-state index contributed by atoms with van der Waals surface area (Å²) in [6.07, 6.45) is -0.115. The van der Waals surface area contributed by atoms with Crippen molar-refractivity contribution < 1.29 is 19.1 Å². The first kappa shape index (κ1) is 22.6. The van der Waals surface area contributed by atoms with Gasteiger partial charge >= 0.3 is 0 Å². The van der Waals surface area contributed by atoms with Crippen molar-refractivity contribution in [1.29, 1.82) is 5.26 Å². The molecular formula is C26H27N3O4. The van der Waals surface area contributed by atoms with Crippen LogP contribution in [0.15, 0.2) is 54.2 Å². The minimum Gasteiger partial charge on any atom is -0.491 e. The van der Waals surface area contributed by atoms with Crippen molar-refractivity contribution in [3.63, 3.8) is 0 Å². The Morgan fingerprint density at radius 3 is 2.12 bits per heavy atom. The van der Waals surface area contributed by atoms with E-state index in [-0.39, 0.29) is 30.1 Å². The molecule has 2 amide bonds. The number of imide groups is 1. The molecule has 1 fully saturated rings. The van der Waals surface area contributed by atoms with E-state index in [0.29, 0.717) is 46.9 Å². The molecule has 0 saturated carbocycles. The number of carbonyl (C=O) groups is 2. The summed E-state index contributed by atoms with van der Waals surface area (Å²) in [6.45, 7) is 8.84. The molecule has 2 atom stereocenters. The SMILES string of the molecule is CC(C)Oc1ccc(C2=C(N3CC(C)OC(C)C3)C(=O)N(c3ccc(C#N)cc3)C2=O)cc1. The van der Waals surface area contributed by atoms with Gasteiger partial charge in [0.1, 0.15) is 11.4 Å². The molecule has 2 aromatic rings. The molecule has 1 saturated heterocycles. The lowest BCUT2D eigenvalue weighted by molar-refractivity contribution is -0.121. The Bertz CT molecular complexity index is 1120. The van der Waals surface area contributed by atoms with Gasteiger partial charge in [0.05, 0.1) is 41.2 Å². The minimum absolute atomic E-state index is 0.0310. The number of ether oxygens (including phenoxy) is 2. The number of hydrogen-bond donors (Lipinski definition) is 0. The fourth-order valence-corrected chi connectivity index (χ4v) is 4.32.